The van der Waals surface area contributed by atoms with Gasteiger partial charge in [0.25, 0.3) is 0 Å². The zero-order chi connectivity index (χ0) is 21.7. The lowest BCUT2D eigenvalue weighted by Crippen LogP contribution is -2.50. The van der Waals surface area contributed by atoms with Gasteiger partial charge in [-0.05, 0) is 49.6 Å². The van der Waals surface area contributed by atoms with Gasteiger partial charge in [-0.3, -0.25) is 9.59 Å². The molecule has 0 spiro atoms. The number of halogens is 3. The minimum Gasteiger partial charge on any atom is -0.352 e. The first-order valence-electron chi connectivity index (χ1n) is 10.1. The lowest BCUT2D eigenvalue weighted by Gasteiger charge is -2.30. The van der Waals surface area contributed by atoms with Gasteiger partial charge in [0.2, 0.25) is 11.8 Å². The molecule has 30 heavy (non-hydrogen) atoms. The molecule has 0 saturated heterocycles. The standard InChI is InChI=1S/C23H25BrClFN2O2/c1-15(23(30)27-18-5-2-3-6-18)28(14-16-9-11-17(24)12-10-16)22(29)13-19-20(25)7-4-8-21(19)26/h4,7-12,15,18H,2-3,5-6,13-14H2,1H3,(H,27,30)/t15-/m1/s1. The summed E-state index contributed by atoms with van der Waals surface area (Å²) >= 11 is 9.52. The molecule has 1 saturated carbocycles. The first-order valence-corrected chi connectivity index (χ1v) is 11.3. The minimum atomic E-state index is -0.688. The summed E-state index contributed by atoms with van der Waals surface area (Å²) in [6.45, 7) is 1.96. The highest BCUT2D eigenvalue weighted by Gasteiger charge is 2.29. The Hall–Kier alpha value is -1.92. The normalized spacial score (nSPS) is 15.1. The van der Waals surface area contributed by atoms with Crippen LogP contribution in [-0.4, -0.2) is 28.8 Å². The van der Waals surface area contributed by atoms with E-state index in [1.807, 2.05) is 24.3 Å². The van der Waals surface area contributed by atoms with Gasteiger partial charge in [0.1, 0.15) is 11.9 Å². The number of hydrogen-bond donors (Lipinski definition) is 1. The fraction of sp³-hybridized carbons (Fsp3) is 0.391. The van der Waals surface area contributed by atoms with Gasteiger partial charge in [-0.15, -0.1) is 0 Å². The summed E-state index contributed by atoms with van der Waals surface area (Å²) in [5, 5.41) is 3.26. The second-order valence-corrected chi connectivity index (χ2v) is 9.01. The zero-order valence-corrected chi connectivity index (χ0v) is 19.2. The minimum absolute atomic E-state index is 0.147. The molecule has 2 aromatic carbocycles. The highest BCUT2D eigenvalue weighted by atomic mass is 79.9. The van der Waals surface area contributed by atoms with Gasteiger partial charge in [-0.25, -0.2) is 4.39 Å². The Morgan fingerprint density at radius 2 is 1.87 bits per heavy atom. The van der Waals surface area contributed by atoms with E-state index in [1.165, 1.54) is 17.0 Å². The van der Waals surface area contributed by atoms with Crippen molar-refractivity contribution in [3.05, 3.63) is 68.9 Å². The molecule has 3 rings (SSSR count). The molecule has 2 amide bonds. The molecule has 0 aromatic heterocycles. The molecule has 7 heteroatoms. The molecule has 0 radical (unpaired) electrons. The third kappa shape index (κ3) is 5.82. The lowest BCUT2D eigenvalue weighted by molar-refractivity contribution is -0.140. The van der Waals surface area contributed by atoms with Crippen molar-refractivity contribution in [2.24, 2.45) is 0 Å². The van der Waals surface area contributed by atoms with E-state index in [-0.39, 0.29) is 41.4 Å². The Kier molecular flexibility index (Phi) is 7.89. The maximum absolute atomic E-state index is 14.2. The van der Waals surface area contributed by atoms with E-state index in [0.717, 1.165) is 35.7 Å². The monoisotopic (exact) mass is 494 g/mol. The van der Waals surface area contributed by atoms with Gasteiger partial charge in [0.05, 0.1) is 6.42 Å². The van der Waals surface area contributed by atoms with E-state index in [4.69, 9.17) is 11.6 Å². The van der Waals surface area contributed by atoms with Crippen LogP contribution in [0.4, 0.5) is 4.39 Å². The van der Waals surface area contributed by atoms with Crippen molar-refractivity contribution in [2.75, 3.05) is 0 Å². The summed E-state index contributed by atoms with van der Waals surface area (Å²) in [6.07, 6.45) is 3.93. The second kappa shape index (κ2) is 10.4. The van der Waals surface area contributed by atoms with Gasteiger partial charge in [-0.1, -0.05) is 58.6 Å². The molecule has 1 aliphatic rings. The van der Waals surface area contributed by atoms with Crippen LogP contribution in [0.1, 0.15) is 43.7 Å². The molecule has 160 valence electrons. The molecule has 4 nitrogen and oxygen atoms in total. The van der Waals surface area contributed by atoms with Gasteiger partial charge < -0.3 is 10.2 Å². The van der Waals surface area contributed by atoms with Crippen molar-refractivity contribution >= 4 is 39.3 Å². The van der Waals surface area contributed by atoms with Gasteiger partial charge in [0, 0.05) is 27.6 Å². The summed E-state index contributed by atoms with van der Waals surface area (Å²) < 4.78 is 15.2. The summed E-state index contributed by atoms with van der Waals surface area (Å²) in [5.74, 6) is -1.06. The van der Waals surface area contributed by atoms with Crippen LogP contribution < -0.4 is 5.32 Å². The molecular weight excluding hydrogens is 471 g/mol. The van der Waals surface area contributed by atoms with Crippen LogP contribution in [0.3, 0.4) is 0 Å². The molecule has 0 unspecified atom stereocenters. The van der Waals surface area contributed by atoms with E-state index < -0.39 is 11.9 Å². The molecule has 1 fully saturated rings. The van der Waals surface area contributed by atoms with Crippen LogP contribution >= 0.6 is 27.5 Å². The average molecular weight is 496 g/mol. The largest absolute Gasteiger partial charge is 0.352 e. The van der Waals surface area contributed by atoms with E-state index in [9.17, 15) is 14.0 Å². The molecule has 0 bridgehead atoms. The van der Waals surface area contributed by atoms with Crippen LogP contribution in [0.2, 0.25) is 5.02 Å². The molecule has 2 aromatic rings. The number of carbonyl (C=O) groups excluding carboxylic acids is 2. The van der Waals surface area contributed by atoms with E-state index >= 15 is 0 Å². The first kappa shape index (κ1) is 22.8. The number of nitrogens with one attached hydrogen (secondary N) is 1. The second-order valence-electron chi connectivity index (χ2n) is 7.69. The van der Waals surface area contributed by atoms with Gasteiger partial charge in [0.15, 0.2) is 0 Å². The molecule has 0 aliphatic heterocycles. The van der Waals surface area contributed by atoms with Gasteiger partial charge >= 0.3 is 0 Å². The molecule has 0 heterocycles. The van der Waals surface area contributed by atoms with Crippen molar-refractivity contribution in [1.82, 2.24) is 10.2 Å². The maximum atomic E-state index is 14.2. The highest BCUT2D eigenvalue weighted by Crippen LogP contribution is 2.22. The van der Waals surface area contributed by atoms with E-state index in [2.05, 4.69) is 21.2 Å². The topological polar surface area (TPSA) is 49.4 Å². The smallest absolute Gasteiger partial charge is 0.242 e. The molecule has 1 atom stereocenters. The molecular formula is C23H25BrClFN2O2. The number of nitrogens with zero attached hydrogens (tertiary/aromatic N) is 1. The van der Waals surface area contributed by atoms with Crippen molar-refractivity contribution < 1.29 is 14.0 Å². The average Bonchev–Trinajstić information content (AvgIpc) is 3.22. The lowest BCUT2D eigenvalue weighted by atomic mass is 10.1. The fourth-order valence-electron chi connectivity index (χ4n) is 3.72. The maximum Gasteiger partial charge on any atom is 0.242 e. The van der Waals surface area contributed by atoms with Crippen molar-refractivity contribution in [1.29, 1.82) is 0 Å². The van der Waals surface area contributed by atoms with E-state index in [0.29, 0.717) is 0 Å². The number of hydrogen-bond acceptors (Lipinski definition) is 2. The van der Waals surface area contributed by atoms with Crippen molar-refractivity contribution in [3.63, 3.8) is 0 Å². The Balaban J connectivity index is 1.80. The summed E-state index contributed by atoms with van der Waals surface area (Å²) in [4.78, 5) is 27.5. The third-order valence-electron chi connectivity index (χ3n) is 5.52. The molecule has 1 N–H and O–H groups in total. The van der Waals surface area contributed by atoms with E-state index in [1.54, 1.807) is 13.0 Å². The van der Waals surface area contributed by atoms with Crippen molar-refractivity contribution in [2.45, 2.75) is 57.7 Å². The van der Waals surface area contributed by atoms with Crippen LogP contribution in [-0.2, 0) is 22.6 Å². The number of amides is 2. The predicted octanol–water partition coefficient (Wildman–Crippen LogP) is 5.26. The zero-order valence-electron chi connectivity index (χ0n) is 16.8. The highest BCUT2D eigenvalue weighted by molar-refractivity contribution is 9.10. The number of benzene rings is 2. The quantitative estimate of drug-likeness (QED) is 0.570. The Morgan fingerprint density at radius 1 is 1.20 bits per heavy atom. The Labute approximate surface area is 189 Å². The molecule has 1 aliphatic carbocycles. The summed E-state index contributed by atoms with van der Waals surface area (Å²) in [6, 6.07) is 11.4. The first-order chi connectivity index (χ1) is 14.3. The Bertz CT molecular complexity index is 880. The number of rotatable bonds is 7. The predicted molar refractivity (Wildman–Crippen MR) is 120 cm³/mol. The number of carbonyl (C=O) groups is 2. The summed E-state index contributed by atoms with van der Waals surface area (Å²) in [7, 11) is 0. The Morgan fingerprint density at radius 3 is 2.50 bits per heavy atom. The van der Waals surface area contributed by atoms with Crippen molar-refractivity contribution in [3.8, 4) is 0 Å². The third-order valence-corrected chi connectivity index (χ3v) is 6.41. The van der Waals surface area contributed by atoms with Gasteiger partial charge in [-0.2, -0.15) is 0 Å². The fourth-order valence-corrected chi connectivity index (χ4v) is 4.21. The summed E-state index contributed by atoms with van der Waals surface area (Å²) in [5.41, 5.74) is 1.03. The van der Waals surface area contributed by atoms with Crippen LogP contribution in [0.25, 0.3) is 0 Å². The van der Waals surface area contributed by atoms with Crippen LogP contribution in [0, 0.1) is 5.82 Å². The van der Waals surface area contributed by atoms with Crippen LogP contribution in [0.5, 0.6) is 0 Å². The SMILES string of the molecule is C[C@H](C(=O)NC1CCCC1)N(Cc1ccc(Br)cc1)C(=O)Cc1c(F)cccc1Cl. The van der Waals surface area contributed by atoms with Crippen LogP contribution in [0.15, 0.2) is 46.9 Å².